The van der Waals surface area contributed by atoms with Crippen LogP contribution in [0.1, 0.15) is 38.0 Å². The van der Waals surface area contributed by atoms with Crippen LogP contribution in [0.4, 0.5) is 0 Å². The van der Waals surface area contributed by atoms with Crippen LogP contribution in [0.2, 0.25) is 0 Å². The van der Waals surface area contributed by atoms with Crippen LogP contribution in [-0.4, -0.2) is 11.7 Å². The van der Waals surface area contributed by atoms with Gasteiger partial charge in [-0.3, -0.25) is 0 Å². The van der Waals surface area contributed by atoms with Gasteiger partial charge in [0.05, 0.1) is 0 Å². The summed E-state index contributed by atoms with van der Waals surface area (Å²) >= 11 is 1.81. The summed E-state index contributed by atoms with van der Waals surface area (Å²) in [7, 11) is 0. The Labute approximate surface area is 90.8 Å². The molecule has 0 spiro atoms. The Hall–Kier alpha value is -0.340. The normalized spacial score (nSPS) is 11.9. The van der Waals surface area contributed by atoms with Gasteiger partial charge in [-0.2, -0.15) is 0 Å². The molecular formula is C12H20OS. The number of aliphatic hydroxyl groups is 1. The minimum Gasteiger partial charge on any atom is -0.396 e. The first-order valence-corrected chi connectivity index (χ1v) is 6.27. The van der Waals surface area contributed by atoms with Gasteiger partial charge >= 0.3 is 0 Å². The molecule has 0 saturated carbocycles. The van der Waals surface area contributed by atoms with Crippen molar-refractivity contribution < 1.29 is 5.11 Å². The summed E-state index contributed by atoms with van der Waals surface area (Å²) in [6, 6.07) is 4.27. The lowest BCUT2D eigenvalue weighted by molar-refractivity contribution is 0.106. The van der Waals surface area contributed by atoms with E-state index in [-0.39, 0.29) is 5.41 Å². The Bertz CT molecular complexity index is 229. The molecule has 14 heavy (non-hydrogen) atoms. The summed E-state index contributed by atoms with van der Waals surface area (Å²) in [4.78, 5) is 1.43. The number of hydrogen-bond donors (Lipinski definition) is 1. The minimum atomic E-state index is 0.157. The fourth-order valence-corrected chi connectivity index (χ4v) is 2.46. The molecule has 0 bridgehead atoms. The Morgan fingerprint density at radius 2 is 2.07 bits per heavy atom. The van der Waals surface area contributed by atoms with Crippen LogP contribution in [0.3, 0.4) is 0 Å². The maximum Gasteiger partial charge on any atom is 0.0487 e. The lowest BCUT2D eigenvalue weighted by atomic mass is 9.79. The van der Waals surface area contributed by atoms with Crippen molar-refractivity contribution in [2.45, 2.75) is 39.5 Å². The van der Waals surface area contributed by atoms with E-state index in [1.807, 2.05) is 11.3 Å². The van der Waals surface area contributed by atoms with Crippen molar-refractivity contribution in [1.82, 2.24) is 0 Å². The van der Waals surface area contributed by atoms with Gasteiger partial charge in [0.1, 0.15) is 0 Å². The average Bonchev–Trinajstić information content (AvgIpc) is 2.74. The third-order valence-corrected chi connectivity index (χ3v) is 4.25. The molecule has 0 aromatic carbocycles. The first-order valence-electron chi connectivity index (χ1n) is 5.39. The van der Waals surface area contributed by atoms with Crippen LogP contribution in [0.5, 0.6) is 0 Å². The van der Waals surface area contributed by atoms with E-state index in [9.17, 15) is 5.11 Å². The maximum atomic E-state index is 9.41. The summed E-state index contributed by atoms with van der Waals surface area (Å²) in [5.41, 5.74) is 0.157. The Morgan fingerprint density at radius 3 is 2.50 bits per heavy atom. The fourth-order valence-electron chi connectivity index (χ4n) is 1.75. The van der Waals surface area contributed by atoms with E-state index in [0.717, 1.165) is 25.7 Å². The molecule has 1 aromatic heterocycles. The molecule has 0 aliphatic rings. The lowest BCUT2D eigenvalue weighted by Crippen LogP contribution is -2.24. The lowest BCUT2D eigenvalue weighted by Gasteiger charge is -2.29. The highest BCUT2D eigenvalue weighted by Crippen LogP contribution is 2.31. The monoisotopic (exact) mass is 212 g/mol. The van der Waals surface area contributed by atoms with Gasteiger partial charge in [0.15, 0.2) is 0 Å². The number of rotatable bonds is 6. The molecule has 2 heteroatoms. The van der Waals surface area contributed by atoms with Crippen molar-refractivity contribution in [3.05, 3.63) is 22.4 Å². The van der Waals surface area contributed by atoms with E-state index in [1.165, 1.54) is 4.88 Å². The Balaban J connectivity index is 2.48. The SMILES string of the molecule is CCC(CC)(CO)CCc1cccs1. The van der Waals surface area contributed by atoms with E-state index >= 15 is 0 Å². The summed E-state index contributed by atoms with van der Waals surface area (Å²) in [5, 5.41) is 11.5. The number of hydrogen-bond acceptors (Lipinski definition) is 2. The zero-order valence-corrected chi connectivity index (χ0v) is 9.94. The van der Waals surface area contributed by atoms with Crippen molar-refractivity contribution in [3.8, 4) is 0 Å². The molecule has 1 aromatic rings. The highest BCUT2D eigenvalue weighted by atomic mass is 32.1. The predicted molar refractivity (Wildman–Crippen MR) is 62.7 cm³/mol. The molecule has 80 valence electrons. The van der Waals surface area contributed by atoms with Crippen LogP contribution in [0.15, 0.2) is 17.5 Å². The van der Waals surface area contributed by atoms with Crippen molar-refractivity contribution in [3.63, 3.8) is 0 Å². The molecule has 0 fully saturated rings. The first kappa shape index (κ1) is 11.7. The average molecular weight is 212 g/mol. The number of aryl methyl sites for hydroxylation is 1. The van der Waals surface area contributed by atoms with Gasteiger partial charge in [0.25, 0.3) is 0 Å². The smallest absolute Gasteiger partial charge is 0.0487 e. The second-order valence-corrected chi connectivity index (χ2v) is 4.98. The molecular weight excluding hydrogens is 192 g/mol. The van der Waals surface area contributed by atoms with Gasteiger partial charge in [-0.05, 0) is 42.5 Å². The Kier molecular flexibility index (Phi) is 4.63. The van der Waals surface area contributed by atoms with Gasteiger partial charge in [-0.15, -0.1) is 11.3 Å². The topological polar surface area (TPSA) is 20.2 Å². The largest absolute Gasteiger partial charge is 0.396 e. The van der Waals surface area contributed by atoms with Crippen molar-refractivity contribution in [1.29, 1.82) is 0 Å². The van der Waals surface area contributed by atoms with Crippen LogP contribution < -0.4 is 0 Å². The molecule has 1 rings (SSSR count). The second kappa shape index (κ2) is 5.52. The molecule has 0 unspecified atom stereocenters. The zero-order chi connectivity index (χ0) is 10.4. The van der Waals surface area contributed by atoms with Gasteiger partial charge < -0.3 is 5.11 Å². The molecule has 0 atom stereocenters. The molecule has 1 nitrogen and oxygen atoms in total. The molecule has 0 radical (unpaired) electrons. The van der Waals surface area contributed by atoms with Gasteiger partial charge in [-0.1, -0.05) is 19.9 Å². The van der Waals surface area contributed by atoms with Gasteiger partial charge in [0.2, 0.25) is 0 Å². The van der Waals surface area contributed by atoms with Crippen molar-refractivity contribution >= 4 is 11.3 Å². The van der Waals surface area contributed by atoms with Crippen molar-refractivity contribution in [2.75, 3.05) is 6.61 Å². The highest BCUT2D eigenvalue weighted by molar-refractivity contribution is 7.09. The number of aliphatic hydroxyl groups excluding tert-OH is 1. The molecule has 0 aliphatic heterocycles. The van der Waals surface area contributed by atoms with Crippen molar-refractivity contribution in [2.24, 2.45) is 5.41 Å². The van der Waals surface area contributed by atoms with E-state index in [0.29, 0.717) is 6.61 Å². The summed E-state index contributed by atoms with van der Waals surface area (Å²) in [5.74, 6) is 0. The second-order valence-electron chi connectivity index (χ2n) is 3.94. The molecule has 0 aliphatic carbocycles. The van der Waals surface area contributed by atoms with E-state index in [2.05, 4.69) is 31.4 Å². The molecule has 0 amide bonds. The van der Waals surface area contributed by atoms with Gasteiger partial charge in [0, 0.05) is 11.5 Å². The summed E-state index contributed by atoms with van der Waals surface area (Å²) in [6.07, 6.45) is 4.37. The Morgan fingerprint density at radius 1 is 1.36 bits per heavy atom. The summed E-state index contributed by atoms with van der Waals surface area (Å²) < 4.78 is 0. The van der Waals surface area contributed by atoms with E-state index in [1.54, 1.807) is 0 Å². The molecule has 0 saturated heterocycles. The third-order valence-electron chi connectivity index (χ3n) is 3.32. The minimum absolute atomic E-state index is 0.157. The highest BCUT2D eigenvalue weighted by Gasteiger charge is 2.24. The van der Waals surface area contributed by atoms with Gasteiger partial charge in [-0.25, -0.2) is 0 Å². The van der Waals surface area contributed by atoms with E-state index < -0.39 is 0 Å². The standard InChI is InChI=1S/C12H20OS/c1-3-12(4-2,10-13)8-7-11-6-5-9-14-11/h5-6,9,13H,3-4,7-8,10H2,1-2H3. The quantitative estimate of drug-likeness (QED) is 0.765. The molecule has 1 heterocycles. The molecule has 1 N–H and O–H groups in total. The summed E-state index contributed by atoms with van der Waals surface area (Å²) in [6.45, 7) is 4.67. The maximum absolute atomic E-state index is 9.41. The number of thiophene rings is 1. The predicted octanol–water partition coefficient (Wildman–Crippen LogP) is 3.48. The fraction of sp³-hybridized carbons (Fsp3) is 0.667. The third kappa shape index (κ3) is 2.82. The van der Waals surface area contributed by atoms with Crippen LogP contribution >= 0.6 is 11.3 Å². The van der Waals surface area contributed by atoms with Crippen LogP contribution in [0, 0.1) is 5.41 Å². The van der Waals surface area contributed by atoms with Crippen LogP contribution in [-0.2, 0) is 6.42 Å². The zero-order valence-electron chi connectivity index (χ0n) is 9.12. The first-order chi connectivity index (χ1) is 6.76. The van der Waals surface area contributed by atoms with E-state index in [4.69, 9.17) is 0 Å². The van der Waals surface area contributed by atoms with Crippen LogP contribution in [0.25, 0.3) is 0 Å².